The second-order valence-corrected chi connectivity index (χ2v) is 6.82. The van der Waals surface area contributed by atoms with Crippen LogP contribution in [0.1, 0.15) is 42.4 Å². The van der Waals surface area contributed by atoms with Gasteiger partial charge in [-0.05, 0) is 35.2 Å². The van der Waals surface area contributed by atoms with Crippen LogP contribution in [0, 0.1) is 0 Å². The third-order valence-corrected chi connectivity index (χ3v) is 3.89. The van der Waals surface area contributed by atoms with Crippen molar-refractivity contribution in [3.05, 3.63) is 65.5 Å². The molecule has 0 spiro atoms. The van der Waals surface area contributed by atoms with Gasteiger partial charge < -0.3 is 5.32 Å². The number of carbonyl (C=O) groups is 2. The topological polar surface area (TPSA) is 62.3 Å². The van der Waals surface area contributed by atoms with E-state index in [1.165, 1.54) is 0 Å². The van der Waals surface area contributed by atoms with Crippen LogP contribution in [0.4, 0.5) is 4.79 Å². The highest BCUT2D eigenvalue weighted by atomic mass is 32.1. The Balaban J connectivity index is 1.99. The predicted molar refractivity (Wildman–Crippen MR) is 96.8 cm³/mol. The summed E-state index contributed by atoms with van der Waals surface area (Å²) in [6.07, 6.45) is 1.64. The van der Waals surface area contributed by atoms with E-state index in [-0.39, 0.29) is 12.0 Å². The van der Waals surface area contributed by atoms with Crippen LogP contribution < -0.4 is 5.32 Å². The van der Waals surface area contributed by atoms with Gasteiger partial charge in [0.15, 0.2) is 0 Å². The lowest BCUT2D eigenvalue weighted by molar-refractivity contribution is 0.0895. The molecule has 1 aromatic heterocycles. The van der Waals surface area contributed by atoms with Gasteiger partial charge in [0.2, 0.25) is 0 Å². The molecular formula is C18H21N3O2S. The molecular weight excluding hydrogens is 322 g/mol. The van der Waals surface area contributed by atoms with Gasteiger partial charge in [-0.2, -0.15) is 0 Å². The average molecular weight is 343 g/mol. The minimum absolute atomic E-state index is 0.00227. The van der Waals surface area contributed by atoms with Crippen molar-refractivity contribution in [2.45, 2.75) is 32.7 Å². The summed E-state index contributed by atoms with van der Waals surface area (Å²) in [6, 6.07) is 12.0. The second kappa shape index (κ2) is 7.49. The van der Waals surface area contributed by atoms with E-state index in [0.29, 0.717) is 11.3 Å². The van der Waals surface area contributed by atoms with Crippen LogP contribution in [0.2, 0.25) is 0 Å². The molecule has 0 atom stereocenters. The van der Waals surface area contributed by atoms with Gasteiger partial charge in [0.05, 0.1) is 12.2 Å². The molecule has 5 nitrogen and oxygen atoms in total. The van der Waals surface area contributed by atoms with Crippen molar-refractivity contribution in [3.8, 4) is 0 Å². The molecule has 1 aromatic carbocycles. The average Bonchev–Trinajstić information content (AvgIpc) is 2.58. The summed E-state index contributed by atoms with van der Waals surface area (Å²) >= 11 is 4.01. The Hall–Kier alpha value is -2.34. The lowest BCUT2D eigenvalue weighted by Gasteiger charge is -2.20. The van der Waals surface area contributed by atoms with Crippen molar-refractivity contribution >= 4 is 24.8 Å². The largest absolute Gasteiger partial charge is 0.334 e. The van der Waals surface area contributed by atoms with Gasteiger partial charge in [0.25, 0.3) is 5.91 Å². The Kier molecular flexibility index (Phi) is 5.62. The van der Waals surface area contributed by atoms with Crippen LogP contribution in [0.15, 0.2) is 48.7 Å². The second-order valence-electron chi connectivity index (χ2n) is 6.42. The molecule has 0 aliphatic heterocycles. The fraction of sp³-hybridized carbons (Fsp3) is 0.278. The number of aromatic nitrogens is 1. The highest BCUT2D eigenvalue weighted by Crippen LogP contribution is 2.22. The van der Waals surface area contributed by atoms with Crippen molar-refractivity contribution < 1.29 is 9.59 Å². The zero-order valence-corrected chi connectivity index (χ0v) is 14.9. The number of hydrogen-bond donors (Lipinski definition) is 2. The third kappa shape index (κ3) is 4.58. The van der Waals surface area contributed by atoms with Gasteiger partial charge in [0, 0.05) is 11.8 Å². The normalized spacial score (nSPS) is 11.0. The molecule has 0 unspecified atom stereocenters. The number of imide groups is 1. The molecule has 2 aromatic rings. The number of amides is 3. The SMILES string of the molecule is CC(C)(C)c1ccc(C(=O)N(S)C(=O)NCc2ccccn2)cc1. The van der Waals surface area contributed by atoms with E-state index >= 15 is 0 Å². The molecule has 1 N–H and O–H groups in total. The quantitative estimate of drug-likeness (QED) is 0.838. The number of nitrogens with one attached hydrogen (secondary N) is 1. The van der Waals surface area contributed by atoms with E-state index in [2.05, 4.69) is 43.9 Å². The maximum Gasteiger partial charge on any atom is 0.334 e. The zero-order valence-electron chi connectivity index (χ0n) is 14.0. The van der Waals surface area contributed by atoms with Crippen molar-refractivity contribution in [1.29, 1.82) is 0 Å². The lowest BCUT2D eigenvalue weighted by Crippen LogP contribution is -2.37. The number of benzene rings is 1. The minimum Gasteiger partial charge on any atom is -0.331 e. The molecule has 0 aliphatic carbocycles. The summed E-state index contributed by atoms with van der Waals surface area (Å²) in [4.78, 5) is 28.5. The van der Waals surface area contributed by atoms with Gasteiger partial charge in [0.1, 0.15) is 0 Å². The van der Waals surface area contributed by atoms with E-state index in [1.54, 1.807) is 30.5 Å². The smallest absolute Gasteiger partial charge is 0.331 e. The van der Waals surface area contributed by atoms with Gasteiger partial charge in [-0.1, -0.05) is 51.8 Å². The number of urea groups is 1. The standard InChI is InChI=1S/C18H21N3O2S/c1-18(2,3)14-9-7-13(8-10-14)16(22)21(24)17(23)20-12-15-6-4-5-11-19-15/h4-11,24H,12H2,1-3H3,(H,20,23). The summed E-state index contributed by atoms with van der Waals surface area (Å²) in [5.74, 6) is -0.475. The summed E-state index contributed by atoms with van der Waals surface area (Å²) in [6.45, 7) is 6.52. The van der Waals surface area contributed by atoms with E-state index < -0.39 is 11.9 Å². The van der Waals surface area contributed by atoms with Crippen LogP contribution in [0.25, 0.3) is 0 Å². The van der Waals surface area contributed by atoms with Crippen LogP contribution in [-0.4, -0.2) is 21.2 Å². The van der Waals surface area contributed by atoms with Crippen molar-refractivity contribution in [2.75, 3.05) is 0 Å². The van der Waals surface area contributed by atoms with E-state index in [1.807, 2.05) is 18.2 Å². The monoisotopic (exact) mass is 343 g/mol. The van der Waals surface area contributed by atoms with Crippen molar-refractivity contribution in [2.24, 2.45) is 0 Å². The minimum atomic E-state index is -0.589. The Morgan fingerprint density at radius 2 is 1.79 bits per heavy atom. The summed E-state index contributed by atoms with van der Waals surface area (Å²) < 4.78 is 0.773. The first-order valence-corrected chi connectivity index (χ1v) is 8.00. The number of carbonyl (C=O) groups excluding carboxylic acids is 2. The van der Waals surface area contributed by atoms with Crippen LogP contribution in [-0.2, 0) is 12.0 Å². The van der Waals surface area contributed by atoms with Gasteiger partial charge in [-0.15, -0.1) is 0 Å². The first kappa shape index (κ1) is 18.0. The first-order chi connectivity index (χ1) is 11.3. The van der Waals surface area contributed by atoms with Crippen LogP contribution in [0.3, 0.4) is 0 Å². The molecule has 6 heteroatoms. The van der Waals surface area contributed by atoms with Crippen LogP contribution in [0.5, 0.6) is 0 Å². The highest BCUT2D eigenvalue weighted by molar-refractivity contribution is 7.79. The Morgan fingerprint density at radius 3 is 2.33 bits per heavy atom. The van der Waals surface area contributed by atoms with Crippen LogP contribution >= 0.6 is 12.8 Å². The predicted octanol–water partition coefficient (Wildman–Crippen LogP) is 3.58. The van der Waals surface area contributed by atoms with Gasteiger partial charge >= 0.3 is 6.03 Å². The van der Waals surface area contributed by atoms with E-state index in [9.17, 15) is 9.59 Å². The molecule has 0 aliphatic rings. The molecule has 126 valence electrons. The molecule has 3 amide bonds. The Labute approximate surface area is 147 Å². The molecule has 2 rings (SSSR count). The molecule has 0 saturated heterocycles. The number of thiol groups is 1. The highest BCUT2D eigenvalue weighted by Gasteiger charge is 2.21. The maximum absolute atomic E-state index is 12.3. The first-order valence-electron chi connectivity index (χ1n) is 7.60. The zero-order chi connectivity index (χ0) is 17.7. The number of hydrogen-bond acceptors (Lipinski definition) is 4. The molecule has 24 heavy (non-hydrogen) atoms. The molecule has 0 bridgehead atoms. The Morgan fingerprint density at radius 1 is 1.12 bits per heavy atom. The maximum atomic E-state index is 12.3. The number of nitrogens with zero attached hydrogens (tertiary/aromatic N) is 2. The van der Waals surface area contributed by atoms with E-state index in [4.69, 9.17) is 0 Å². The summed E-state index contributed by atoms with van der Waals surface area (Å²) in [7, 11) is 0. The molecule has 0 saturated carbocycles. The van der Waals surface area contributed by atoms with Crippen molar-refractivity contribution in [1.82, 2.24) is 14.6 Å². The fourth-order valence-electron chi connectivity index (χ4n) is 2.07. The van der Waals surface area contributed by atoms with Gasteiger partial charge in [-0.3, -0.25) is 9.78 Å². The molecule has 0 radical (unpaired) electrons. The molecule has 1 heterocycles. The lowest BCUT2D eigenvalue weighted by atomic mass is 9.87. The third-order valence-electron chi connectivity index (χ3n) is 3.53. The van der Waals surface area contributed by atoms with E-state index in [0.717, 1.165) is 9.87 Å². The summed E-state index contributed by atoms with van der Waals surface area (Å²) in [5, 5.41) is 2.61. The fourth-order valence-corrected chi connectivity index (χ4v) is 2.26. The summed E-state index contributed by atoms with van der Waals surface area (Å²) in [5.41, 5.74) is 2.23. The molecule has 0 fully saturated rings. The van der Waals surface area contributed by atoms with Gasteiger partial charge in [-0.25, -0.2) is 9.10 Å². The van der Waals surface area contributed by atoms with Crippen molar-refractivity contribution in [3.63, 3.8) is 0 Å². The number of rotatable bonds is 3. The Bertz CT molecular complexity index is 709. The number of pyridine rings is 1.